The van der Waals surface area contributed by atoms with Gasteiger partial charge < -0.3 is 10.6 Å². The molecule has 1 amide bonds. The molecule has 1 aliphatic heterocycles. The molecule has 0 radical (unpaired) electrons. The van der Waals surface area contributed by atoms with Crippen molar-refractivity contribution in [3.8, 4) is 0 Å². The minimum Gasteiger partial charge on any atom is -0.399 e. The van der Waals surface area contributed by atoms with E-state index in [0.717, 1.165) is 16.3 Å². The summed E-state index contributed by atoms with van der Waals surface area (Å²) in [5.41, 5.74) is 7.80. The Morgan fingerprint density at radius 2 is 1.86 bits per heavy atom. The van der Waals surface area contributed by atoms with Crippen molar-refractivity contribution >= 4 is 52.2 Å². The number of amides is 1. The topological polar surface area (TPSA) is 46.3 Å². The average molecular weight is 339 g/mol. The fraction of sp³-hybridized carbons (Fsp3) is 0.133. The molecular formula is C15H12Cl2N2OS. The fourth-order valence-corrected chi connectivity index (χ4v) is 3.78. The number of benzene rings is 2. The van der Waals surface area contributed by atoms with Gasteiger partial charge in [-0.1, -0.05) is 23.2 Å². The van der Waals surface area contributed by atoms with E-state index in [1.54, 1.807) is 34.9 Å². The molecule has 0 unspecified atom stereocenters. The number of thioether (sulfide) groups is 1. The molecule has 0 saturated heterocycles. The minimum absolute atomic E-state index is 0.119. The van der Waals surface area contributed by atoms with Crippen LogP contribution >= 0.6 is 35.0 Å². The number of hydrogen-bond acceptors (Lipinski definition) is 3. The van der Waals surface area contributed by atoms with Gasteiger partial charge in [0, 0.05) is 38.5 Å². The Kier molecular flexibility index (Phi) is 4.02. The molecule has 0 aromatic heterocycles. The number of fused-ring (bicyclic) bond motifs is 1. The number of nitrogens with two attached hydrogens (primary N) is 1. The van der Waals surface area contributed by atoms with Crippen LogP contribution in [0.5, 0.6) is 0 Å². The highest BCUT2D eigenvalue weighted by Crippen LogP contribution is 2.37. The van der Waals surface area contributed by atoms with Gasteiger partial charge in [-0.3, -0.25) is 4.79 Å². The van der Waals surface area contributed by atoms with Crippen LogP contribution in [-0.2, 0) is 0 Å². The number of nitrogens with zero attached hydrogens (tertiary/aromatic N) is 1. The Bertz CT molecular complexity index is 701. The highest BCUT2D eigenvalue weighted by atomic mass is 35.5. The third-order valence-electron chi connectivity index (χ3n) is 3.20. The lowest BCUT2D eigenvalue weighted by molar-refractivity contribution is 0.0987. The van der Waals surface area contributed by atoms with Crippen LogP contribution in [0.1, 0.15) is 10.4 Å². The maximum atomic E-state index is 12.7. The largest absolute Gasteiger partial charge is 0.399 e. The number of halogens is 2. The van der Waals surface area contributed by atoms with Crippen LogP contribution in [0.4, 0.5) is 11.4 Å². The molecule has 2 N–H and O–H groups in total. The maximum absolute atomic E-state index is 12.7. The molecule has 3 rings (SSSR count). The first-order chi connectivity index (χ1) is 10.0. The average Bonchev–Trinajstić information content (AvgIpc) is 2.44. The summed E-state index contributed by atoms with van der Waals surface area (Å²) in [5.74, 6) is 0.725. The number of rotatable bonds is 1. The van der Waals surface area contributed by atoms with Crippen LogP contribution in [0.25, 0.3) is 0 Å². The third kappa shape index (κ3) is 2.98. The summed E-state index contributed by atoms with van der Waals surface area (Å²) < 4.78 is 0. The molecule has 3 nitrogen and oxygen atoms in total. The molecule has 0 bridgehead atoms. The van der Waals surface area contributed by atoms with Crippen LogP contribution in [0.3, 0.4) is 0 Å². The van der Waals surface area contributed by atoms with Crippen molar-refractivity contribution in [3.63, 3.8) is 0 Å². The Morgan fingerprint density at radius 1 is 1.14 bits per heavy atom. The first kappa shape index (κ1) is 14.6. The summed E-state index contributed by atoms with van der Waals surface area (Å²) in [6.07, 6.45) is 0. The van der Waals surface area contributed by atoms with Crippen molar-refractivity contribution in [2.24, 2.45) is 0 Å². The van der Waals surface area contributed by atoms with Gasteiger partial charge >= 0.3 is 0 Å². The van der Waals surface area contributed by atoms with Gasteiger partial charge in [-0.15, -0.1) is 11.8 Å². The number of hydrogen-bond donors (Lipinski definition) is 1. The highest BCUT2D eigenvalue weighted by Gasteiger charge is 2.24. The van der Waals surface area contributed by atoms with Gasteiger partial charge in [-0.25, -0.2) is 0 Å². The molecule has 0 saturated carbocycles. The number of carbonyl (C=O) groups is 1. The maximum Gasteiger partial charge on any atom is 0.258 e. The SMILES string of the molecule is Nc1ccc2c(c1)N(C(=O)c1cc(Cl)cc(Cl)c1)CCS2. The zero-order valence-electron chi connectivity index (χ0n) is 11.0. The minimum atomic E-state index is -0.119. The summed E-state index contributed by atoms with van der Waals surface area (Å²) in [6.45, 7) is 0.629. The van der Waals surface area contributed by atoms with Gasteiger partial charge in [0.25, 0.3) is 5.91 Å². The first-order valence-electron chi connectivity index (χ1n) is 6.35. The highest BCUT2D eigenvalue weighted by molar-refractivity contribution is 7.99. The standard InChI is InChI=1S/C15H12Cl2N2OS/c16-10-5-9(6-11(17)7-10)15(20)19-3-4-21-14-2-1-12(18)8-13(14)19/h1-2,5-8H,3-4,18H2. The Balaban J connectivity index is 2.01. The third-order valence-corrected chi connectivity index (χ3v) is 4.68. The van der Waals surface area contributed by atoms with Crippen LogP contribution in [0, 0.1) is 0 Å². The molecule has 0 spiro atoms. The molecule has 2 aromatic carbocycles. The molecule has 2 aromatic rings. The monoisotopic (exact) mass is 338 g/mol. The lowest BCUT2D eigenvalue weighted by atomic mass is 10.1. The fourth-order valence-electron chi connectivity index (χ4n) is 2.28. The normalized spacial score (nSPS) is 13.9. The van der Waals surface area contributed by atoms with Crippen molar-refractivity contribution in [1.29, 1.82) is 0 Å². The van der Waals surface area contributed by atoms with E-state index in [1.807, 2.05) is 18.2 Å². The van der Waals surface area contributed by atoms with Gasteiger partial charge in [0.15, 0.2) is 0 Å². The second-order valence-corrected chi connectivity index (χ2v) is 6.70. The van der Waals surface area contributed by atoms with Gasteiger partial charge in [-0.05, 0) is 36.4 Å². The second-order valence-electron chi connectivity index (χ2n) is 4.69. The van der Waals surface area contributed by atoms with E-state index in [2.05, 4.69) is 0 Å². The smallest absolute Gasteiger partial charge is 0.258 e. The van der Waals surface area contributed by atoms with Crippen molar-refractivity contribution in [2.75, 3.05) is 22.9 Å². The molecule has 0 aliphatic carbocycles. The Labute approximate surface area is 137 Å². The zero-order chi connectivity index (χ0) is 15.0. The predicted molar refractivity (Wildman–Crippen MR) is 89.7 cm³/mol. The Hall–Kier alpha value is -1.36. The molecular weight excluding hydrogens is 327 g/mol. The zero-order valence-corrected chi connectivity index (χ0v) is 13.3. The van der Waals surface area contributed by atoms with Crippen molar-refractivity contribution < 1.29 is 4.79 Å². The molecule has 21 heavy (non-hydrogen) atoms. The van der Waals surface area contributed by atoms with Gasteiger partial charge in [0.05, 0.1) is 5.69 Å². The molecule has 0 fully saturated rings. The summed E-state index contributed by atoms with van der Waals surface area (Å²) >= 11 is 13.7. The molecule has 1 heterocycles. The number of carbonyl (C=O) groups excluding carboxylic acids is 1. The lowest BCUT2D eigenvalue weighted by Crippen LogP contribution is -2.35. The summed E-state index contributed by atoms with van der Waals surface area (Å²) in [5, 5.41) is 0.898. The summed E-state index contributed by atoms with van der Waals surface area (Å²) in [4.78, 5) is 15.5. The number of anilines is 2. The van der Waals surface area contributed by atoms with Crippen molar-refractivity contribution in [1.82, 2.24) is 0 Å². The quantitative estimate of drug-likeness (QED) is 0.787. The molecule has 0 atom stereocenters. The molecule has 108 valence electrons. The van der Waals surface area contributed by atoms with Crippen molar-refractivity contribution in [3.05, 3.63) is 52.0 Å². The summed E-state index contributed by atoms with van der Waals surface area (Å²) in [6, 6.07) is 10.5. The van der Waals surface area contributed by atoms with E-state index in [9.17, 15) is 4.79 Å². The predicted octanol–water partition coefficient (Wildman–Crippen LogP) is 4.33. The van der Waals surface area contributed by atoms with E-state index in [4.69, 9.17) is 28.9 Å². The van der Waals surface area contributed by atoms with E-state index >= 15 is 0 Å². The van der Waals surface area contributed by atoms with Crippen LogP contribution in [-0.4, -0.2) is 18.2 Å². The summed E-state index contributed by atoms with van der Waals surface area (Å²) in [7, 11) is 0. The van der Waals surface area contributed by atoms with Crippen LogP contribution in [0.15, 0.2) is 41.3 Å². The van der Waals surface area contributed by atoms with Crippen LogP contribution in [0.2, 0.25) is 10.0 Å². The van der Waals surface area contributed by atoms with Gasteiger partial charge in [0.2, 0.25) is 0 Å². The van der Waals surface area contributed by atoms with Crippen LogP contribution < -0.4 is 10.6 Å². The van der Waals surface area contributed by atoms with E-state index in [1.165, 1.54) is 0 Å². The van der Waals surface area contributed by atoms with E-state index in [-0.39, 0.29) is 5.91 Å². The van der Waals surface area contributed by atoms with E-state index < -0.39 is 0 Å². The molecule has 1 aliphatic rings. The van der Waals surface area contributed by atoms with Gasteiger partial charge in [-0.2, -0.15) is 0 Å². The lowest BCUT2D eigenvalue weighted by Gasteiger charge is -2.29. The first-order valence-corrected chi connectivity index (χ1v) is 8.09. The van der Waals surface area contributed by atoms with Gasteiger partial charge in [0.1, 0.15) is 0 Å². The molecule has 6 heteroatoms. The second kappa shape index (κ2) is 5.79. The number of nitrogen functional groups attached to an aromatic ring is 1. The Morgan fingerprint density at radius 3 is 2.57 bits per heavy atom. The van der Waals surface area contributed by atoms with Crippen molar-refractivity contribution in [2.45, 2.75) is 4.90 Å². The van der Waals surface area contributed by atoms with E-state index in [0.29, 0.717) is 27.8 Å².